The van der Waals surface area contributed by atoms with E-state index in [-0.39, 0.29) is 18.0 Å². The number of carboxylic acid groups (broad SMARTS) is 2. The molecule has 7 heteroatoms. The zero-order chi connectivity index (χ0) is 18.6. The summed E-state index contributed by atoms with van der Waals surface area (Å²) < 4.78 is 0. The summed E-state index contributed by atoms with van der Waals surface area (Å²) in [7, 11) is 1.94. The number of terminal acetylenes is 1. The molecule has 2 heterocycles. The van der Waals surface area contributed by atoms with Gasteiger partial charge in [-0.05, 0) is 37.6 Å². The maximum absolute atomic E-state index is 11.6. The Morgan fingerprint density at radius 1 is 1.48 bits per heavy atom. The number of pyridine rings is 1. The summed E-state index contributed by atoms with van der Waals surface area (Å²) in [5, 5.41) is 29.0. The number of aromatic nitrogens is 1. The molecule has 0 spiro atoms. The molecule has 3 N–H and O–H groups in total. The fraction of sp³-hybridized carbons (Fsp3) is 0.389. The van der Waals surface area contributed by atoms with E-state index >= 15 is 0 Å². The van der Waals surface area contributed by atoms with Gasteiger partial charge in [-0.25, -0.2) is 9.59 Å². The van der Waals surface area contributed by atoms with Crippen LogP contribution in [0.1, 0.15) is 48.1 Å². The number of rotatable bonds is 6. The van der Waals surface area contributed by atoms with Crippen LogP contribution >= 0.6 is 0 Å². The van der Waals surface area contributed by atoms with Crippen LogP contribution in [0.3, 0.4) is 0 Å². The van der Waals surface area contributed by atoms with E-state index in [0.29, 0.717) is 17.2 Å². The zero-order valence-electron chi connectivity index (χ0n) is 13.8. The Kier molecular flexibility index (Phi) is 5.91. The van der Waals surface area contributed by atoms with Crippen LogP contribution in [0.5, 0.6) is 0 Å². The molecular weight excluding hydrogens is 324 g/mol. The van der Waals surface area contributed by atoms with Crippen LogP contribution in [0.25, 0.3) is 5.57 Å². The van der Waals surface area contributed by atoms with Gasteiger partial charge in [0.05, 0.1) is 11.7 Å². The molecule has 1 aliphatic rings. The first-order chi connectivity index (χ1) is 11.9. The maximum Gasteiger partial charge on any atom is 0.336 e. The van der Waals surface area contributed by atoms with Crippen LogP contribution in [0.2, 0.25) is 0 Å². The fourth-order valence-corrected chi connectivity index (χ4v) is 3.23. The van der Waals surface area contributed by atoms with Crippen LogP contribution < -0.4 is 0 Å². The van der Waals surface area contributed by atoms with Gasteiger partial charge in [-0.2, -0.15) is 0 Å². The number of aliphatic hydroxyl groups excluding tert-OH is 1. The van der Waals surface area contributed by atoms with E-state index in [1.54, 1.807) is 6.20 Å². The first-order valence-corrected chi connectivity index (χ1v) is 7.84. The highest BCUT2D eigenvalue weighted by Gasteiger charge is 2.30. The van der Waals surface area contributed by atoms with Gasteiger partial charge in [0.1, 0.15) is 0 Å². The highest BCUT2D eigenvalue weighted by Crippen LogP contribution is 2.38. The molecule has 2 unspecified atom stereocenters. The van der Waals surface area contributed by atoms with Crippen molar-refractivity contribution in [1.29, 1.82) is 0 Å². The van der Waals surface area contributed by atoms with Gasteiger partial charge in [0.2, 0.25) is 0 Å². The summed E-state index contributed by atoms with van der Waals surface area (Å²) in [5.41, 5.74) is 0.656. The van der Waals surface area contributed by atoms with Crippen molar-refractivity contribution in [3.8, 4) is 12.3 Å². The Bertz CT molecular complexity index is 750. The van der Waals surface area contributed by atoms with Gasteiger partial charge in [0.15, 0.2) is 0 Å². The molecule has 0 bridgehead atoms. The molecule has 2 atom stereocenters. The van der Waals surface area contributed by atoms with Crippen LogP contribution in [0.15, 0.2) is 18.5 Å². The molecule has 0 radical (unpaired) electrons. The highest BCUT2D eigenvalue weighted by atomic mass is 16.4. The number of hydrogen-bond acceptors (Lipinski definition) is 5. The molecule has 1 aromatic rings. The van der Waals surface area contributed by atoms with Gasteiger partial charge in [-0.3, -0.25) is 9.88 Å². The third-order valence-electron chi connectivity index (χ3n) is 4.33. The van der Waals surface area contributed by atoms with Gasteiger partial charge in [-0.1, -0.05) is 0 Å². The topological polar surface area (TPSA) is 111 Å². The number of carbonyl (C=O) groups is 2. The Balaban J connectivity index is 2.69. The largest absolute Gasteiger partial charge is 0.478 e. The van der Waals surface area contributed by atoms with E-state index in [1.165, 1.54) is 6.20 Å². The van der Waals surface area contributed by atoms with Crippen molar-refractivity contribution in [2.45, 2.75) is 31.4 Å². The van der Waals surface area contributed by atoms with Crippen molar-refractivity contribution in [2.24, 2.45) is 0 Å². The molecule has 1 fully saturated rings. The second-order valence-electron chi connectivity index (χ2n) is 5.95. The van der Waals surface area contributed by atoms with E-state index in [9.17, 15) is 19.8 Å². The number of likely N-dealkylation sites (tertiary alicyclic amines) is 1. The molecule has 2 rings (SSSR count). The van der Waals surface area contributed by atoms with Crippen LogP contribution in [-0.4, -0.2) is 50.7 Å². The van der Waals surface area contributed by atoms with Gasteiger partial charge < -0.3 is 15.3 Å². The predicted octanol–water partition coefficient (Wildman–Crippen LogP) is 1.46. The molecular formula is C18H20N2O5. The lowest BCUT2D eigenvalue weighted by Gasteiger charge is -2.26. The molecule has 0 amide bonds. The van der Waals surface area contributed by atoms with E-state index in [0.717, 1.165) is 19.4 Å². The average Bonchev–Trinajstić information content (AvgIpc) is 2.97. The Morgan fingerprint density at radius 2 is 2.20 bits per heavy atom. The van der Waals surface area contributed by atoms with E-state index < -0.39 is 23.6 Å². The molecule has 132 valence electrons. The Morgan fingerprint density at radius 3 is 2.72 bits per heavy atom. The third-order valence-corrected chi connectivity index (χ3v) is 4.33. The lowest BCUT2D eigenvalue weighted by atomic mass is 9.89. The van der Waals surface area contributed by atoms with Crippen molar-refractivity contribution in [1.82, 2.24) is 9.88 Å². The standard InChI is InChI=1S/C18H20N2O5/c1-3-5-15(21)17-12(11(18(24)25)8-16(22)23)9-19-10-13(17)14-6-4-7-20(14)2/h1,8-10,14-15,21H,4-7H2,2H3,(H,22,23)(H,24,25). The van der Waals surface area contributed by atoms with Crippen molar-refractivity contribution in [3.05, 3.63) is 35.2 Å². The maximum atomic E-state index is 11.6. The number of hydrogen-bond donors (Lipinski definition) is 3. The minimum Gasteiger partial charge on any atom is -0.478 e. The molecule has 1 aliphatic heterocycles. The monoisotopic (exact) mass is 344 g/mol. The first-order valence-electron chi connectivity index (χ1n) is 7.84. The van der Waals surface area contributed by atoms with Crippen LogP contribution in [0, 0.1) is 12.3 Å². The quantitative estimate of drug-likeness (QED) is 0.529. The second kappa shape index (κ2) is 7.92. The zero-order valence-corrected chi connectivity index (χ0v) is 13.8. The molecule has 0 aromatic carbocycles. The summed E-state index contributed by atoms with van der Waals surface area (Å²) in [4.78, 5) is 28.8. The lowest BCUT2D eigenvalue weighted by molar-refractivity contribution is -0.133. The minimum absolute atomic E-state index is 0.0135. The van der Waals surface area contributed by atoms with Crippen LogP contribution in [0.4, 0.5) is 0 Å². The predicted molar refractivity (Wildman–Crippen MR) is 90.5 cm³/mol. The number of nitrogens with zero attached hydrogens (tertiary/aromatic N) is 2. The summed E-state index contributed by atoms with van der Waals surface area (Å²) >= 11 is 0. The second-order valence-corrected chi connectivity index (χ2v) is 5.95. The highest BCUT2D eigenvalue weighted by molar-refractivity contribution is 6.19. The number of carboxylic acids is 2. The van der Waals surface area contributed by atoms with Crippen molar-refractivity contribution in [2.75, 3.05) is 13.6 Å². The van der Waals surface area contributed by atoms with Gasteiger partial charge in [0.25, 0.3) is 0 Å². The first kappa shape index (κ1) is 18.6. The molecule has 25 heavy (non-hydrogen) atoms. The van der Waals surface area contributed by atoms with Crippen molar-refractivity contribution in [3.63, 3.8) is 0 Å². The van der Waals surface area contributed by atoms with Crippen molar-refractivity contribution >= 4 is 17.5 Å². The van der Waals surface area contributed by atoms with Gasteiger partial charge in [-0.15, -0.1) is 12.3 Å². The lowest BCUT2D eigenvalue weighted by Crippen LogP contribution is -2.21. The Hall–Kier alpha value is -2.69. The van der Waals surface area contributed by atoms with Crippen LogP contribution in [-0.2, 0) is 9.59 Å². The fourth-order valence-electron chi connectivity index (χ4n) is 3.23. The van der Waals surface area contributed by atoms with E-state index in [4.69, 9.17) is 11.5 Å². The molecule has 1 saturated heterocycles. The SMILES string of the molecule is C#CCC(O)c1c(C(=CC(=O)O)C(=O)O)cncc1C1CCCN1C. The normalized spacial score (nSPS) is 19.4. The third kappa shape index (κ3) is 4.05. The smallest absolute Gasteiger partial charge is 0.336 e. The van der Waals surface area contributed by atoms with Gasteiger partial charge >= 0.3 is 11.9 Å². The summed E-state index contributed by atoms with van der Waals surface area (Å²) in [6, 6.07) is -0.0326. The van der Waals surface area contributed by atoms with E-state index in [1.807, 2.05) is 7.05 Å². The van der Waals surface area contributed by atoms with Crippen molar-refractivity contribution < 1.29 is 24.9 Å². The van der Waals surface area contributed by atoms with Gasteiger partial charge in [0, 0.05) is 36.5 Å². The van der Waals surface area contributed by atoms with E-state index in [2.05, 4.69) is 15.8 Å². The number of aliphatic hydroxyl groups is 1. The average molecular weight is 344 g/mol. The number of aliphatic carboxylic acids is 2. The molecule has 0 saturated carbocycles. The molecule has 1 aromatic heterocycles. The minimum atomic E-state index is -1.41. The molecule has 7 nitrogen and oxygen atoms in total. The summed E-state index contributed by atoms with van der Waals surface area (Å²) in [5.74, 6) is -0.434. The summed E-state index contributed by atoms with van der Waals surface area (Å²) in [6.07, 6.45) is 9.44. The molecule has 0 aliphatic carbocycles. The summed E-state index contributed by atoms with van der Waals surface area (Å²) in [6.45, 7) is 0.871. The Labute approximate surface area is 145 Å².